The minimum atomic E-state index is -0.547. The van der Waals surface area contributed by atoms with E-state index in [0.29, 0.717) is 23.7 Å². The summed E-state index contributed by atoms with van der Waals surface area (Å²) >= 11 is 0. The highest BCUT2D eigenvalue weighted by atomic mass is 16.3. The molecule has 0 heterocycles. The van der Waals surface area contributed by atoms with Crippen molar-refractivity contribution in [3.05, 3.63) is 22.8 Å². The van der Waals surface area contributed by atoms with Crippen LogP contribution in [-0.4, -0.2) is 33.1 Å². The second kappa shape index (κ2) is 10.2. The zero-order chi connectivity index (χ0) is 23.8. The summed E-state index contributed by atoms with van der Waals surface area (Å²) < 4.78 is 0. The van der Waals surface area contributed by atoms with Crippen molar-refractivity contribution in [1.82, 2.24) is 0 Å². The molecular formula is C30H50O3. The first-order valence-electron chi connectivity index (χ1n) is 14.1. The minimum Gasteiger partial charge on any atom is -0.393 e. The fraction of sp³-hybridized carbons (Fsp3) is 0.867. The maximum absolute atomic E-state index is 10.4. The highest BCUT2D eigenvalue weighted by Crippen LogP contribution is 2.60. The van der Waals surface area contributed by atoms with Crippen LogP contribution in [0.25, 0.3) is 0 Å². The SMILES string of the molecule is C[C@H](CCCC(C)(C)O)[C@H]1CC[C@H]2/C(=C/C(=C3C[C@@H](O)C[C@H](O)C3)C3CCC3)CCC[C@]12C. The van der Waals surface area contributed by atoms with Crippen LogP contribution in [-0.2, 0) is 0 Å². The molecule has 0 spiro atoms. The van der Waals surface area contributed by atoms with Crippen molar-refractivity contribution in [2.45, 2.75) is 135 Å². The standard InChI is InChI=1S/C30H50O3/c1-20(8-6-14-29(2,3)33)27-12-13-28-22(11-7-15-30(27,28)4)18-26(21-9-5-10-21)23-16-24(31)19-25(32)17-23/h18,20-21,24-25,27-28,31-33H,5-17,19H2,1-4H3/b22-18+/t20-,24-,25-,27-,28+,30-/m1/s1. The van der Waals surface area contributed by atoms with Crippen LogP contribution >= 0.6 is 0 Å². The first-order valence-corrected chi connectivity index (χ1v) is 14.1. The van der Waals surface area contributed by atoms with Gasteiger partial charge in [0.05, 0.1) is 17.8 Å². The summed E-state index contributed by atoms with van der Waals surface area (Å²) in [7, 11) is 0. The summed E-state index contributed by atoms with van der Waals surface area (Å²) in [6.45, 7) is 8.91. The van der Waals surface area contributed by atoms with Crippen molar-refractivity contribution >= 4 is 0 Å². The predicted molar refractivity (Wildman–Crippen MR) is 136 cm³/mol. The molecule has 33 heavy (non-hydrogen) atoms. The molecule has 0 radical (unpaired) electrons. The third-order valence-corrected chi connectivity index (χ3v) is 9.98. The second-order valence-corrected chi connectivity index (χ2v) is 13.1. The summed E-state index contributed by atoms with van der Waals surface area (Å²) in [5.74, 6) is 2.85. The molecule has 6 atom stereocenters. The van der Waals surface area contributed by atoms with Gasteiger partial charge in [-0.3, -0.25) is 0 Å². The number of aliphatic hydroxyl groups excluding tert-OH is 2. The van der Waals surface area contributed by atoms with Crippen molar-refractivity contribution in [2.24, 2.45) is 29.1 Å². The van der Waals surface area contributed by atoms with Gasteiger partial charge >= 0.3 is 0 Å². The molecule has 4 saturated carbocycles. The zero-order valence-electron chi connectivity index (χ0n) is 21.8. The number of fused-ring (bicyclic) bond motifs is 1. The lowest BCUT2D eigenvalue weighted by Gasteiger charge is -2.45. The highest BCUT2D eigenvalue weighted by molar-refractivity contribution is 5.36. The van der Waals surface area contributed by atoms with Crippen LogP contribution in [0.5, 0.6) is 0 Å². The molecule has 0 saturated heterocycles. The van der Waals surface area contributed by atoms with E-state index in [0.717, 1.165) is 37.5 Å². The molecule has 0 amide bonds. The van der Waals surface area contributed by atoms with Crippen LogP contribution in [0.2, 0.25) is 0 Å². The zero-order valence-corrected chi connectivity index (χ0v) is 21.8. The molecule has 3 nitrogen and oxygen atoms in total. The third-order valence-electron chi connectivity index (χ3n) is 9.98. The van der Waals surface area contributed by atoms with E-state index >= 15 is 0 Å². The van der Waals surface area contributed by atoms with Crippen LogP contribution in [0.3, 0.4) is 0 Å². The molecule has 4 aliphatic carbocycles. The average Bonchev–Trinajstić information content (AvgIpc) is 3.02. The van der Waals surface area contributed by atoms with Crippen LogP contribution in [0.4, 0.5) is 0 Å². The van der Waals surface area contributed by atoms with E-state index in [2.05, 4.69) is 19.9 Å². The van der Waals surface area contributed by atoms with Gasteiger partial charge in [-0.25, -0.2) is 0 Å². The van der Waals surface area contributed by atoms with Crippen molar-refractivity contribution in [2.75, 3.05) is 0 Å². The second-order valence-electron chi connectivity index (χ2n) is 13.1. The van der Waals surface area contributed by atoms with Gasteiger partial charge in [0.1, 0.15) is 0 Å². The lowest BCUT2D eigenvalue weighted by molar-refractivity contribution is 0.0586. The third kappa shape index (κ3) is 5.78. The van der Waals surface area contributed by atoms with Crippen LogP contribution < -0.4 is 0 Å². The Balaban J connectivity index is 1.53. The molecule has 3 N–H and O–H groups in total. The maximum Gasteiger partial charge on any atom is 0.0602 e. The smallest absolute Gasteiger partial charge is 0.0602 e. The minimum absolute atomic E-state index is 0.380. The van der Waals surface area contributed by atoms with Gasteiger partial charge in [0.2, 0.25) is 0 Å². The normalized spacial score (nSPS) is 37.7. The van der Waals surface area contributed by atoms with Crippen molar-refractivity contribution in [3.8, 4) is 0 Å². The molecule has 0 aromatic rings. The van der Waals surface area contributed by atoms with E-state index in [4.69, 9.17) is 0 Å². The number of aliphatic hydroxyl groups is 3. The molecule has 3 heteroatoms. The number of rotatable bonds is 7. The monoisotopic (exact) mass is 458 g/mol. The van der Waals surface area contributed by atoms with Gasteiger partial charge in [-0.1, -0.05) is 50.3 Å². The molecule has 4 aliphatic rings. The summed E-state index contributed by atoms with van der Waals surface area (Å²) in [6.07, 6.45) is 17.5. The van der Waals surface area contributed by atoms with Crippen LogP contribution in [0, 0.1) is 29.1 Å². The Hall–Kier alpha value is -0.640. The van der Waals surface area contributed by atoms with Crippen LogP contribution in [0.1, 0.15) is 118 Å². The largest absolute Gasteiger partial charge is 0.393 e. The predicted octanol–water partition coefficient (Wildman–Crippen LogP) is 6.71. The van der Waals surface area contributed by atoms with Gasteiger partial charge in [0.25, 0.3) is 0 Å². The molecule has 188 valence electrons. The lowest BCUT2D eigenvalue weighted by Crippen LogP contribution is -2.36. The van der Waals surface area contributed by atoms with Gasteiger partial charge in [-0.2, -0.15) is 0 Å². The van der Waals surface area contributed by atoms with Gasteiger partial charge < -0.3 is 15.3 Å². The first kappa shape index (κ1) is 25.5. The quantitative estimate of drug-likeness (QED) is 0.397. The van der Waals surface area contributed by atoms with E-state index in [9.17, 15) is 15.3 Å². The molecule has 0 aliphatic heterocycles. The molecule has 0 unspecified atom stereocenters. The maximum atomic E-state index is 10.4. The number of allylic oxidation sites excluding steroid dienone is 3. The van der Waals surface area contributed by atoms with Gasteiger partial charge in [0, 0.05) is 0 Å². The Kier molecular flexibility index (Phi) is 7.83. The van der Waals surface area contributed by atoms with E-state index < -0.39 is 5.60 Å². The Morgan fingerprint density at radius 1 is 1.09 bits per heavy atom. The van der Waals surface area contributed by atoms with E-state index in [1.54, 1.807) is 5.57 Å². The summed E-state index contributed by atoms with van der Waals surface area (Å²) in [4.78, 5) is 0. The molecule has 0 bridgehead atoms. The molecule has 4 rings (SSSR count). The average molecular weight is 459 g/mol. The number of hydrogen-bond donors (Lipinski definition) is 3. The molecular weight excluding hydrogens is 408 g/mol. The molecule has 4 fully saturated rings. The highest BCUT2D eigenvalue weighted by Gasteiger charge is 2.50. The molecule has 0 aromatic heterocycles. The lowest BCUT2D eigenvalue weighted by atomic mass is 9.60. The van der Waals surface area contributed by atoms with Gasteiger partial charge in [0.15, 0.2) is 0 Å². The Morgan fingerprint density at radius 3 is 2.39 bits per heavy atom. The summed E-state index contributed by atoms with van der Waals surface area (Å²) in [5.41, 5.74) is 4.38. The van der Waals surface area contributed by atoms with Crippen molar-refractivity contribution in [1.29, 1.82) is 0 Å². The Morgan fingerprint density at radius 2 is 1.79 bits per heavy atom. The summed E-state index contributed by atoms with van der Waals surface area (Å²) in [5, 5.41) is 30.8. The number of hydrogen-bond acceptors (Lipinski definition) is 3. The van der Waals surface area contributed by atoms with Crippen LogP contribution in [0.15, 0.2) is 22.8 Å². The Labute approximate surface area is 202 Å². The molecule has 0 aromatic carbocycles. The van der Waals surface area contributed by atoms with Gasteiger partial charge in [-0.05, 0) is 119 Å². The fourth-order valence-corrected chi connectivity index (χ4v) is 8.04. The Bertz CT molecular complexity index is 728. The van der Waals surface area contributed by atoms with Gasteiger partial charge in [-0.15, -0.1) is 0 Å². The topological polar surface area (TPSA) is 60.7 Å². The van der Waals surface area contributed by atoms with E-state index in [1.807, 2.05) is 13.8 Å². The fourth-order valence-electron chi connectivity index (χ4n) is 8.04. The van der Waals surface area contributed by atoms with E-state index in [1.165, 1.54) is 68.9 Å². The summed E-state index contributed by atoms with van der Waals surface area (Å²) in [6, 6.07) is 0. The van der Waals surface area contributed by atoms with Crippen molar-refractivity contribution in [3.63, 3.8) is 0 Å². The first-order chi connectivity index (χ1) is 15.6. The van der Waals surface area contributed by atoms with E-state index in [-0.39, 0.29) is 12.2 Å². The van der Waals surface area contributed by atoms with Crippen molar-refractivity contribution < 1.29 is 15.3 Å².